The minimum atomic E-state index is -0.0110. The van der Waals surface area contributed by atoms with Gasteiger partial charge in [-0.1, -0.05) is 6.92 Å². The zero-order valence-electron chi connectivity index (χ0n) is 9.10. The van der Waals surface area contributed by atoms with Crippen molar-refractivity contribution >= 4 is 5.91 Å². The van der Waals surface area contributed by atoms with E-state index in [9.17, 15) is 4.79 Å². The summed E-state index contributed by atoms with van der Waals surface area (Å²) >= 11 is 0. The maximum Gasteiger partial charge on any atom is 0.276 e. The van der Waals surface area contributed by atoms with Gasteiger partial charge in [-0.15, -0.1) is 0 Å². The second kappa shape index (κ2) is 4.00. The van der Waals surface area contributed by atoms with Gasteiger partial charge < -0.3 is 4.90 Å². The van der Waals surface area contributed by atoms with Crippen LogP contribution in [0, 0.1) is 5.92 Å². The summed E-state index contributed by atoms with van der Waals surface area (Å²) in [5, 5.41) is 9.94. The number of H-pyrrole nitrogens is 1. The lowest BCUT2D eigenvalue weighted by Crippen LogP contribution is -2.44. The highest BCUT2D eigenvalue weighted by Gasteiger charge is 2.28. The number of piperidine rings is 1. The molecule has 0 aliphatic carbocycles. The number of rotatable bonds is 1. The summed E-state index contributed by atoms with van der Waals surface area (Å²) in [6.45, 7) is 5.15. The van der Waals surface area contributed by atoms with Crippen LogP contribution in [0.2, 0.25) is 0 Å². The van der Waals surface area contributed by atoms with Gasteiger partial charge in [-0.2, -0.15) is 15.4 Å². The van der Waals surface area contributed by atoms with E-state index >= 15 is 0 Å². The molecule has 0 saturated carbocycles. The van der Waals surface area contributed by atoms with Crippen molar-refractivity contribution in [1.82, 2.24) is 20.3 Å². The van der Waals surface area contributed by atoms with Crippen molar-refractivity contribution in [3.63, 3.8) is 0 Å². The number of nitrogens with zero attached hydrogens (tertiary/aromatic N) is 3. The first-order valence-electron chi connectivity index (χ1n) is 5.35. The quantitative estimate of drug-likeness (QED) is 0.750. The third-order valence-electron chi connectivity index (χ3n) is 3.03. The minimum absolute atomic E-state index is 0.0110. The van der Waals surface area contributed by atoms with Crippen LogP contribution >= 0.6 is 0 Å². The average molecular weight is 208 g/mol. The predicted molar refractivity (Wildman–Crippen MR) is 55.3 cm³/mol. The van der Waals surface area contributed by atoms with E-state index in [0.29, 0.717) is 17.7 Å². The molecule has 2 unspecified atom stereocenters. The molecule has 1 aliphatic rings. The number of amides is 1. The lowest BCUT2D eigenvalue weighted by atomic mass is 9.93. The molecule has 0 bridgehead atoms. The third kappa shape index (κ3) is 2.00. The number of nitrogens with one attached hydrogen (secondary N) is 1. The first kappa shape index (κ1) is 10.1. The van der Waals surface area contributed by atoms with Crippen LogP contribution in [0.4, 0.5) is 0 Å². The number of carbonyl (C=O) groups excluding carboxylic acids is 1. The fourth-order valence-electron chi connectivity index (χ4n) is 2.16. The number of hydrogen-bond donors (Lipinski definition) is 1. The molecule has 0 aromatic carbocycles. The number of aromatic amines is 1. The molecule has 1 aromatic rings. The first-order chi connectivity index (χ1) is 7.18. The highest BCUT2D eigenvalue weighted by Crippen LogP contribution is 2.23. The van der Waals surface area contributed by atoms with Gasteiger partial charge in [0, 0.05) is 12.6 Å². The van der Waals surface area contributed by atoms with Crippen LogP contribution in [0.25, 0.3) is 0 Å². The summed E-state index contributed by atoms with van der Waals surface area (Å²) in [6.07, 6.45) is 3.63. The molecule has 1 amide bonds. The largest absolute Gasteiger partial charge is 0.334 e. The Labute approximate surface area is 88.9 Å². The summed E-state index contributed by atoms with van der Waals surface area (Å²) < 4.78 is 0. The zero-order valence-corrected chi connectivity index (χ0v) is 9.10. The van der Waals surface area contributed by atoms with Crippen LogP contribution in [-0.2, 0) is 0 Å². The summed E-state index contributed by atoms with van der Waals surface area (Å²) in [5.74, 6) is 0.699. The van der Waals surface area contributed by atoms with E-state index < -0.39 is 0 Å². The molecule has 1 aromatic heterocycles. The Hall–Kier alpha value is -1.39. The zero-order chi connectivity index (χ0) is 10.8. The van der Waals surface area contributed by atoms with E-state index in [1.807, 2.05) is 4.90 Å². The van der Waals surface area contributed by atoms with Gasteiger partial charge in [0.2, 0.25) is 0 Å². The van der Waals surface area contributed by atoms with Crippen molar-refractivity contribution < 1.29 is 4.79 Å². The molecule has 5 heteroatoms. The SMILES string of the molecule is CC1CCN(C(=O)c2cn[nH]n2)C(C)C1. The Balaban J connectivity index is 2.08. The molecule has 1 fully saturated rings. The molecule has 1 aliphatic heterocycles. The number of likely N-dealkylation sites (tertiary alicyclic amines) is 1. The van der Waals surface area contributed by atoms with Crippen LogP contribution in [0.5, 0.6) is 0 Å². The Kier molecular flexibility index (Phi) is 2.70. The summed E-state index contributed by atoms with van der Waals surface area (Å²) in [7, 11) is 0. The molecule has 1 saturated heterocycles. The Morgan fingerprint density at radius 2 is 2.40 bits per heavy atom. The van der Waals surface area contributed by atoms with Gasteiger partial charge >= 0.3 is 0 Å². The molecule has 2 heterocycles. The van der Waals surface area contributed by atoms with E-state index in [-0.39, 0.29) is 5.91 Å². The molecule has 82 valence electrons. The lowest BCUT2D eigenvalue weighted by molar-refractivity contribution is 0.0582. The summed E-state index contributed by atoms with van der Waals surface area (Å²) in [6, 6.07) is 0.304. The van der Waals surface area contributed by atoms with E-state index in [4.69, 9.17) is 0 Å². The molecule has 0 spiro atoms. The highest BCUT2D eigenvalue weighted by atomic mass is 16.2. The van der Waals surface area contributed by atoms with Crippen molar-refractivity contribution in [1.29, 1.82) is 0 Å². The van der Waals surface area contributed by atoms with Gasteiger partial charge in [0.15, 0.2) is 5.69 Å². The number of hydrogen-bond acceptors (Lipinski definition) is 3. The van der Waals surface area contributed by atoms with Crippen LogP contribution in [0.1, 0.15) is 37.2 Å². The molecule has 2 rings (SSSR count). The smallest absolute Gasteiger partial charge is 0.276 e. The monoisotopic (exact) mass is 208 g/mol. The van der Waals surface area contributed by atoms with Gasteiger partial charge in [0.1, 0.15) is 0 Å². The van der Waals surface area contributed by atoms with Crippen LogP contribution < -0.4 is 0 Å². The average Bonchev–Trinajstić information content (AvgIpc) is 2.69. The molecular formula is C10H16N4O. The Morgan fingerprint density at radius 3 is 3.00 bits per heavy atom. The molecule has 2 atom stereocenters. The van der Waals surface area contributed by atoms with Crippen molar-refractivity contribution in [3.05, 3.63) is 11.9 Å². The fourth-order valence-corrected chi connectivity index (χ4v) is 2.16. The number of carbonyl (C=O) groups is 1. The van der Waals surface area contributed by atoms with Gasteiger partial charge in [-0.3, -0.25) is 4.79 Å². The molecular weight excluding hydrogens is 192 g/mol. The third-order valence-corrected chi connectivity index (χ3v) is 3.03. The Bertz CT molecular complexity index is 335. The normalized spacial score (nSPS) is 26.7. The van der Waals surface area contributed by atoms with Crippen LogP contribution in [0.15, 0.2) is 6.20 Å². The van der Waals surface area contributed by atoms with E-state index in [1.165, 1.54) is 6.20 Å². The fraction of sp³-hybridized carbons (Fsp3) is 0.700. The molecule has 1 N–H and O–H groups in total. The van der Waals surface area contributed by atoms with Crippen molar-refractivity contribution in [2.24, 2.45) is 5.92 Å². The van der Waals surface area contributed by atoms with Crippen LogP contribution in [-0.4, -0.2) is 38.8 Å². The second-order valence-corrected chi connectivity index (χ2v) is 4.33. The molecule has 15 heavy (non-hydrogen) atoms. The standard InChI is InChI=1S/C10H16N4O/c1-7-3-4-14(8(2)5-7)10(15)9-6-11-13-12-9/h6-8H,3-5H2,1-2H3,(H,11,12,13). The first-order valence-corrected chi connectivity index (χ1v) is 5.35. The Morgan fingerprint density at radius 1 is 1.60 bits per heavy atom. The van der Waals surface area contributed by atoms with E-state index in [0.717, 1.165) is 19.4 Å². The molecule has 0 radical (unpaired) electrons. The topological polar surface area (TPSA) is 61.9 Å². The van der Waals surface area contributed by atoms with Crippen molar-refractivity contribution in [2.75, 3.05) is 6.54 Å². The van der Waals surface area contributed by atoms with Crippen molar-refractivity contribution in [3.8, 4) is 0 Å². The highest BCUT2D eigenvalue weighted by molar-refractivity contribution is 5.92. The number of aromatic nitrogens is 3. The summed E-state index contributed by atoms with van der Waals surface area (Å²) in [4.78, 5) is 13.9. The maximum absolute atomic E-state index is 12.0. The van der Waals surface area contributed by atoms with Crippen molar-refractivity contribution in [2.45, 2.75) is 32.7 Å². The second-order valence-electron chi connectivity index (χ2n) is 4.33. The predicted octanol–water partition coefficient (Wildman–Crippen LogP) is 1.07. The van der Waals surface area contributed by atoms with Gasteiger partial charge in [-0.05, 0) is 25.7 Å². The van der Waals surface area contributed by atoms with Gasteiger partial charge in [0.25, 0.3) is 5.91 Å². The minimum Gasteiger partial charge on any atom is -0.334 e. The summed E-state index contributed by atoms with van der Waals surface area (Å²) in [5.41, 5.74) is 0.413. The van der Waals surface area contributed by atoms with Crippen LogP contribution in [0.3, 0.4) is 0 Å². The molecule has 5 nitrogen and oxygen atoms in total. The lowest BCUT2D eigenvalue weighted by Gasteiger charge is -2.35. The van der Waals surface area contributed by atoms with E-state index in [1.54, 1.807) is 0 Å². The van der Waals surface area contributed by atoms with Gasteiger partial charge in [-0.25, -0.2) is 0 Å². The van der Waals surface area contributed by atoms with E-state index in [2.05, 4.69) is 29.3 Å². The van der Waals surface area contributed by atoms with Gasteiger partial charge in [0.05, 0.1) is 6.20 Å². The maximum atomic E-state index is 12.0.